The number of halogens is 1. The van der Waals surface area contributed by atoms with Gasteiger partial charge in [0, 0.05) is 36.8 Å². The van der Waals surface area contributed by atoms with E-state index in [1.807, 2.05) is 0 Å². The van der Waals surface area contributed by atoms with E-state index in [-0.39, 0.29) is 5.91 Å². The normalized spacial score (nSPS) is 19.2. The zero-order valence-corrected chi connectivity index (χ0v) is 12.5. The van der Waals surface area contributed by atoms with Crippen molar-refractivity contribution in [1.29, 1.82) is 0 Å². The van der Waals surface area contributed by atoms with Gasteiger partial charge in [-0.05, 0) is 37.6 Å². The zero-order chi connectivity index (χ0) is 14.4. The van der Waals surface area contributed by atoms with Crippen molar-refractivity contribution in [2.45, 2.75) is 18.9 Å². The number of ether oxygens (including phenoxy) is 1. The summed E-state index contributed by atoms with van der Waals surface area (Å²) in [6.45, 7) is 3.42. The van der Waals surface area contributed by atoms with E-state index in [0.29, 0.717) is 23.2 Å². The fourth-order valence-corrected chi connectivity index (χ4v) is 2.76. The van der Waals surface area contributed by atoms with Crippen molar-refractivity contribution < 1.29 is 9.53 Å². The van der Waals surface area contributed by atoms with Crippen LogP contribution in [0.2, 0.25) is 5.02 Å². The molecule has 0 saturated carbocycles. The number of rotatable bonds is 6. The van der Waals surface area contributed by atoms with Gasteiger partial charge in [-0.3, -0.25) is 9.69 Å². The Morgan fingerprint density at radius 2 is 2.40 bits per heavy atom. The molecule has 2 rings (SSSR count). The van der Waals surface area contributed by atoms with E-state index >= 15 is 0 Å². The van der Waals surface area contributed by atoms with Crippen LogP contribution in [0.5, 0.6) is 0 Å². The largest absolute Gasteiger partial charge is 0.383 e. The first-order valence-electron chi connectivity index (χ1n) is 6.97. The van der Waals surface area contributed by atoms with Gasteiger partial charge >= 0.3 is 0 Å². The molecule has 1 heterocycles. The molecule has 1 amide bonds. The summed E-state index contributed by atoms with van der Waals surface area (Å²) in [4.78, 5) is 14.4. The molecule has 1 aromatic carbocycles. The fraction of sp³-hybridized carbons (Fsp3) is 0.533. The monoisotopic (exact) mass is 296 g/mol. The molecule has 20 heavy (non-hydrogen) atoms. The van der Waals surface area contributed by atoms with Crippen LogP contribution < -0.4 is 5.32 Å². The van der Waals surface area contributed by atoms with Crippen LogP contribution in [0, 0.1) is 0 Å². The standard InChI is InChI=1S/C15H21ClN2O2/c1-20-9-8-18-7-3-6-14(18)11-17-15(19)12-4-2-5-13(16)10-12/h2,4-5,10,14H,3,6-9,11H2,1H3,(H,17,19)/t14-/m1/s1. The van der Waals surface area contributed by atoms with Gasteiger partial charge < -0.3 is 10.1 Å². The van der Waals surface area contributed by atoms with Crippen molar-refractivity contribution in [3.05, 3.63) is 34.9 Å². The second-order valence-corrected chi connectivity index (χ2v) is 5.48. The van der Waals surface area contributed by atoms with E-state index in [9.17, 15) is 4.79 Å². The lowest BCUT2D eigenvalue weighted by molar-refractivity contribution is 0.0933. The molecule has 1 aliphatic heterocycles. The van der Waals surface area contributed by atoms with Gasteiger partial charge in [0.05, 0.1) is 6.61 Å². The Balaban J connectivity index is 1.83. The zero-order valence-electron chi connectivity index (χ0n) is 11.8. The van der Waals surface area contributed by atoms with E-state index in [1.54, 1.807) is 31.4 Å². The van der Waals surface area contributed by atoms with Gasteiger partial charge in [0.15, 0.2) is 0 Å². The summed E-state index contributed by atoms with van der Waals surface area (Å²) in [6, 6.07) is 7.43. The molecule has 0 spiro atoms. The summed E-state index contributed by atoms with van der Waals surface area (Å²) < 4.78 is 5.12. The van der Waals surface area contributed by atoms with Gasteiger partial charge in [-0.25, -0.2) is 0 Å². The van der Waals surface area contributed by atoms with Crippen molar-refractivity contribution in [2.75, 3.05) is 33.4 Å². The number of likely N-dealkylation sites (tertiary alicyclic amines) is 1. The number of hydrogen-bond donors (Lipinski definition) is 1. The van der Waals surface area contributed by atoms with E-state index in [0.717, 1.165) is 26.1 Å². The van der Waals surface area contributed by atoms with E-state index in [4.69, 9.17) is 16.3 Å². The van der Waals surface area contributed by atoms with Crippen molar-refractivity contribution in [3.63, 3.8) is 0 Å². The molecule has 5 heteroatoms. The number of carbonyl (C=O) groups is 1. The Morgan fingerprint density at radius 3 is 3.15 bits per heavy atom. The van der Waals surface area contributed by atoms with Crippen LogP contribution in [0.1, 0.15) is 23.2 Å². The molecular weight excluding hydrogens is 276 g/mol. The number of benzene rings is 1. The smallest absolute Gasteiger partial charge is 0.251 e. The van der Waals surface area contributed by atoms with E-state index in [2.05, 4.69) is 10.2 Å². The maximum Gasteiger partial charge on any atom is 0.251 e. The highest BCUT2D eigenvalue weighted by molar-refractivity contribution is 6.30. The lowest BCUT2D eigenvalue weighted by Gasteiger charge is -2.24. The minimum absolute atomic E-state index is 0.0638. The van der Waals surface area contributed by atoms with E-state index in [1.165, 1.54) is 6.42 Å². The minimum Gasteiger partial charge on any atom is -0.383 e. The highest BCUT2D eigenvalue weighted by Crippen LogP contribution is 2.16. The van der Waals surface area contributed by atoms with Gasteiger partial charge in [-0.2, -0.15) is 0 Å². The summed E-state index contributed by atoms with van der Waals surface area (Å²) in [5.41, 5.74) is 0.610. The molecule has 0 aromatic heterocycles. The van der Waals surface area contributed by atoms with Crippen molar-refractivity contribution >= 4 is 17.5 Å². The lowest BCUT2D eigenvalue weighted by Crippen LogP contribution is -2.41. The molecule has 0 bridgehead atoms. The molecule has 1 aromatic rings. The van der Waals surface area contributed by atoms with Gasteiger partial charge in [0.25, 0.3) is 5.91 Å². The van der Waals surface area contributed by atoms with Crippen LogP contribution in [0.3, 0.4) is 0 Å². The third kappa shape index (κ3) is 4.20. The number of carbonyl (C=O) groups excluding carboxylic acids is 1. The second-order valence-electron chi connectivity index (χ2n) is 5.05. The highest BCUT2D eigenvalue weighted by Gasteiger charge is 2.24. The first-order valence-corrected chi connectivity index (χ1v) is 7.35. The third-order valence-corrected chi connectivity index (χ3v) is 3.90. The SMILES string of the molecule is COCCN1CCC[C@@H]1CNC(=O)c1cccc(Cl)c1. The second kappa shape index (κ2) is 7.62. The van der Waals surface area contributed by atoms with Crippen LogP contribution >= 0.6 is 11.6 Å². The summed E-state index contributed by atoms with van der Waals surface area (Å²) in [6.07, 6.45) is 2.31. The Labute approximate surface area is 125 Å². The number of nitrogens with one attached hydrogen (secondary N) is 1. The summed E-state index contributed by atoms with van der Waals surface area (Å²) in [5, 5.41) is 3.58. The Morgan fingerprint density at radius 1 is 1.55 bits per heavy atom. The Hall–Kier alpha value is -1.10. The van der Waals surface area contributed by atoms with Gasteiger partial charge in [-0.1, -0.05) is 17.7 Å². The molecule has 4 nitrogen and oxygen atoms in total. The molecule has 1 fully saturated rings. The predicted molar refractivity (Wildman–Crippen MR) is 80.3 cm³/mol. The summed E-state index contributed by atoms with van der Waals surface area (Å²) in [5.74, 6) is -0.0638. The number of methoxy groups -OCH3 is 1. The van der Waals surface area contributed by atoms with Crippen molar-refractivity contribution in [3.8, 4) is 0 Å². The van der Waals surface area contributed by atoms with E-state index < -0.39 is 0 Å². The number of hydrogen-bond acceptors (Lipinski definition) is 3. The third-order valence-electron chi connectivity index (χ3n) is 3.67. The Kier molecular flexibility index (Phi) is 5.83. The predicted octanol–water partition coefficient (Wildman–Crippen LogP) is 2.18. The first-order chi connectivity index (χ1) is 9.70. The maximum absolute atomic E-state index is 12.1. The molecule has 1 atom stereocenters. The first kappa shape index (κ1) is 15.3. The molecule has 110 valence electrons. The number of nitrogens with zero attached hydrogens (tertiary/aromatic N) is 1. The van der Waals surface area contributed by atoms with Crippen LogP contribution in [-0.4, -0.2) is 50.2 Å². The molecule has 0 radical (unpaired) electrons. The topological polar surface area (TPSA) is 41.6 Å². The molecule has 0 unspecified atom stereocenters. The minimum atomic E-state index is -0.0638. The average Bonchev–Trinajstić information content (AvgIpc) is 2.90. The molecule has 1 saturated heterocycles. The Bertz CT molecular complexity index is 453. The quantitative estimate of drug-likeness (QED) is 0.875. The van der Waals surface area contributed by atoms with Crippen LogP contribution in [0.4, 0.5) is 0 Å². The lowest BCUT2D eigenvalue weighted by atomic mass is 10.2. The molecular formula is C15H21ClN2O2. The van der Waals surface area contributed by atoms with Crippen molar-refractivity contribution in [1.82, 2.24) is 10.2 Å². The van der Waals surface area contributed by atoms with Gasteiger partial charge in [-0.15, -0.1) is 0 Å². The van der Waals surface area contributed by atoms with Crippen LogP contribution in [0.25, 0.3) is 0 Å². The number of amides is 1. The molecule has 1 N–H and O–H groups in total. The fourth-order valence-electron chi connectivity index (χ4n) is 2.57. The van der Waals surface area contributed by atoms with Gasteiger partial charge in [0.2, 0.25) is 0 Å². The molecule has 0 aliphatic carbocycles. The highest BCUT2D eigenvalue weighted by atomic mass is 35.5. The summed E-state index contributed by atoms with van der Waals surface area (Å²) >= 11 is 5.89. The summed E-state index contributed by atoms with van der Waals surface area (Å²) in [7, 11) is 1.71. The van der Waals surface area contributed by atoms with Gasteiger partial charge in [0.1, 0.15) is 0 Å². The van der Waals surface area contributed by atoms with Crippen LogP contribution in [-0.2, 0) is 4.74 Å². The maximum atomic E-state index is 12.1. The average molecular weight is 297 g/mol. The van der Waals surface area contributed by atoms with Crippen molar-refractivity contribution in [2.24, 2.45) is 0 Å². The molecule has 1 aliphatic rings. The van der Waals surface area contributed by atoms with Crippen LogP contribution in [0.15, 0.2) is 24.3 Å².